The molecule has 0 heterocycles. The first kappa shape index (κ1) is 14.9. The number of halogens is 2. The van der Waals surface area contributed by atoms with Crippen LogP contribution in [0.4, 0.5) is 0 Å². The monoisotopic (exact) mass is 403 g/mol. The summed E-state index contributed by atoms with van der Waals surface area (Å²) in [5.41, 5.74) is -0.104. The van der Waals surface area contributed by atoms with Crippen molar-refractivity contribution >= 4 is 52.8 Å². The second-order valence-corrected chi connectivity index (χ2v) is 5.57. The normalized spacial score (nSPS) is 16.2. The third kappa shape index (κ3) is 18.4. The van der Waals surface area contributed by atoms with Crippen LogP contribution in [0, 0.1) is 0 Å². The van der Waals surface area contributed by atoms with Crippen molar-refractivity contribution in [3.8, 4) is 0 Å². The molecule has 0 bridgehead atoms. The van der Waals surface area contributed by atoms with E-state index >= 15 is 0 Å². The van der Waals surface area contributed by atoms with Gasteiger partial charge < -0.3 is 0 Å². The third-order valence-electron chi connectivity index (χ3n) is 0.522. The van der Waals surface area contributed by atoms with Gasteiger partial charge in [0, 0.05) is 58.7 Å². The maximum atomic E-state index is 11.0. The molecule has 0 aliphatic heterocycles. The van der Waals surface area contributed by atoms with Crippen LogP contribution in [0.15, 0.2) is 0 Å². The van der Waals surface area contributed by atoms with Crippen LogP contribution < -0.4 is 4.72 Å². The molecule has 0 fully saturated rings. The summed E-state index contributed by atoms with van der Waals surface area (Å²) in [6, 6.07) is 0. The maximum absolute atomic E-state index is 11.0. The lowest BCUT2D eigenvalue weighted by Gasteiger charge is -2.20. The molecular formula is C6H15I2NOS. The van der Waals surface area contributed by atoms with E-state index < -0.39 is 9.71 Å². The minimum atomic E-state index is -2.03. The lowest BCUT2D eigenvalue weighted by atomic mass is 10.1. The number of nitrogens with one attached hydrogen (secondary N) is 1. The summed E-state index contributed by atoms with van der Waals surface area (Å²) in [6.07, 6.45) is 1.60. The summed E-state index contributed by atoms with van der Waals surface area (Å²) in [5.74, 6) is 3.47. The molecule has 0 saturated heterocycles. The number of hydrogen-bond acceptors (Lipinski definition) is 1. The fraction of sp³-hybridized carbons (Fsp3) is 0.833. The minimum Gasteiger partial charge on any atom is -0.253 e. The zero-order chi connectivity index (χ0) is 9.71. The van der Waals surface area contributed by atoms with E-state index in [0.717, 1.165) is 0 Å². The maximum Gasteiger partial charge on any atom is 0.0224 e. The molecule has 0 spiro atoms. The zero-order valence-electron chi connectivity index (χ0n) is 7.28. The van der Waals surface area contributed by atoms with Gasteiger partial charge >= 0.3 is 0 Å². The second kappa shape index (κ2) is 5.98. The van der Waals surface area contributed by atoms with Crippen molar-refractivity contribution in [2.75, 3.05) is 6.26 Å². The Morgan fingerprint density at radius 1 is 1.36 bits per heavy atom. The van der Waals surface area contributed by atoms with Crippen LogP contribution in [0.5, 0.6) is 0 Å². The Morgan fingerprint density at radius 3 is 1.64 bits per heavy atom. The molecule has 0 aromatic rings. The predicted octanol–water partition coefficient (Wildman–Crippen LogP) is 2.41. The summed E-state index contributed by atoms with van der Waals surface area (Å²) < 4.78 is 13.9. The molecule has 1 atom stereocenters. The highest BCUT2D eigenvalue weighted by atomic mass is 128. The average Bonchev–Trinajstić information content (AvgIpc) is 1.60. The first-order chi connectivity index (χ1) is 4.71. The molecule has 70 valence electrons. The Labute approximate surface area is 93.4 Å². The van der Waals surface area contributed by atoms with Crippen LogP contribution in [-0.2, 0) is 9.71 Å². The van der Waals surface area contributed by atoms with Crippen molar-refractivity contribution in [3.05, 3.63) is 0 Å². The fourth-order valence-electron chi connectivity index (χ4n) is 0.648. The van der Waals surface area contributed by atoms with Crippen LogP contribution in [-0.4, -0.2) is 21.9 Å². The molecule has 0 rings (SSSR count). The van der Waals surface area contributed by atoms with Gasteiger partial charge in [0.05, 0.1) is 0 Å². The van der Waals surface area contributed by atoms with Crippen molar-refractivity contribution in [1.82, 2.24) is 4.72 Å². The van der Waals surface area contributed by atoms with E-state index in [4.69, 9.17) is 0 Å². The average molecular weight is 403 g/mol. The van der Waals surface area contributed by atoms with Crippen molar-refractivity contribution < 1.29 is 4.21 Å². The van der Waals surface area contributed by atoms with Gasteiger partial charge in [-0.2, -0.15) is 0 Å². The highest BCUT2D eigenvalue weighted by molar-refractivity contribution is 15.0. The Hall–Kier alpha value is 1.44. The summed E-state index contributed by atoms with van der Waals surface area (Å²) in [5, 5.41) is 0. The van der Waals surface area contributed by atoms with Gasteiger partial charge in [-0.25, -0.2) is 4.72 Å². The molecule has 0 amide bonds. The fourth-order valence-corrected chi connectivity index (χ4v) is 1.94. The standard InChI is InChI=1S/C6H15NOS.I2/c1-6(2,3)7-9(4,5)8;1-2/h4H2,1-3,5H3,(H,7,8);. The first-order valence-corrected chi connectivity index (χ1v) is 11.4. The highest BCUT2D eigenvalue weighted by Gasteiger charge is 2.10. The molecule has 0 aliphatic rings. The lowest BCUT2D eigenvalue weighted by Crippen LogP contribution is -2.39. The van der Waals surface area contributed by atoms with E-state index in [0.29, 0.717) is 0 Å². The topological polar surface area (TPSA) is 29.1 Å². The van der Waals surface area contributed by atoms with E-state index in [1.54, 1.807) is 6.26 Å². The molecule has 1 unspecified atom stereocenters. The molecule has 0 aliphatic carbocycles. The predicted molar refractivity (Wildman–Crippen MR) is 72.1 cm³/mol. The SMILES string of the molecule is C=S(C)(=O)NC(C)(C)C.II. The van der Waals surface area contributed by atoms with Crippen LogP contribution in [0.25, 0.3) is 0 Å². The van der Waals surface area contributed by atoms with Crippen molar-refractivity contribution in [1.29, 1.82) is 0 Å². The Balaban J connectivity index is 0. The molecule has 1 N–H and O–H groups in total. The molecule has 11 heavy (non-hydrogen) atoms. The molecule has 0 saturated carbocycles. The Bertz CT molecular complexity index is 181. The van der Waals surface area contributed by atoms with Crippen molar-refractivity contribution in [2.24, 2.45) is 0 Å². The van der Waals surface area contributed by atoms with Crippen LogP contribution in [0.2, 0.25) is 0 Å². The largest absolute Gasteiger partial charge is 0.253 e. The van der Waals surface area contributed by atoms with Crippen molar-refractivity contribution in [2.45, 2.75) is 26.3 Å². The summed E-state index contributed by atoms with van der Waals surface area (Å²) in [4.78, 5) is 0. The van der Waals surface area contributed by atoms with E-state index in [2.05, 4.69) is 47.8 Å². The second-order valence-electron chi connectivity index (χ2n) is 3.36. The van der Waals surface area contributed by atoms with Gasteiger partial charge in [0.1, 0.15) is 0 Å². The minimum absolute atomic E-state index is 0.104. The number of rotatable bonds is 1. The zero-order valence-corrected chi connectivity index (χ0v) is 12.4. The summed E-state index contributed by atoms with van der Waals surface area (Å²) in [7, 11) is -2.03. The van der Waals surface area contributed by atoms with Gasteiger partial charge in [0.15, 0.2) is 0 Å². The molecule has 5 heteroatoms. The molecular weight excluding hydrogens is 388 g/mol. The van der Waals surface area contributed by atoms with E-state index in [1.807, 2.05) is 20.8 Å². The molecule has 0 aromatic heterocycles. The van der Waals surface area contributed by atoms with E-state index in [1.165, 1.54) is 0 Å². The third-order valence-corrected chi connectivity index (χ3v) is 1.57. The molecule has 2 nitrogen and oxygen atoms in total. The van der Waals surface area contributed by atoms with Gasteiger partial charge in [-0.15, -0.1) is 0 Å². The first-order valence-electron chi connectivity index (χ1n) is 2.96. The smallest absolute Gasteiger partial charge is 0.0224 e. The van der Waals surface area contributed by atoms with Gasteiger partial charge in [0.25, 0.3) is 0 Å². The molecule has 0 radical (unpaired) electrons. The van der Waals surface area contributed by atoms with E-state index in [9.17, 15) is 4.21 Å². The summed E-state index contributed by atoms with van der Waals surface area (Å²) in [6.45, 7) is 5.88. The van der Waals surface area contributed by atoms with Gasteiger partial charge in [0.2, 0.25) is 0 Å². The highest BCUT2D eigenvalue weighted by Crippen LogP contribution is 1.99. The van der Waals surface area contributed by atoms with Crippen LogP contribution in [0.1, 0.15) is 20.8 Å². The Kier molecular flexibility index (Phi) is 8.12. The van der Waals surface area contributed by atoms with Crippen LogP contribution >= 0.6 is 37.2 Å². The van der Waals surface area contributed by atoms with Gasteiger partial charge in [-0.3, -0.25) is 4.21 Å². The van der Waals surface area contributed by atoms with Gasteiger partial charge in [-0.05, 0) is 26.6 Å². The number of hydrogen-bond donors (Lipinski definition) is 1. The lowest BCUT2D eigenvalue weighted by molar-refractivity contribution is 0.520. The van der Waals surface area contributed by atoms with E-state index in [-0.39, 0.29) is 5.54 Å². The molecule has 0 aromatic carbocycles. The van der Waals surface area contributed by atoms with Gasteiger partial charge in [-0.1, -0.05) is 0 Å². The Morgan fingerprint density at radius 2 is 1.64 bits per heavy atom. The summed E-state index contributed by atoms with van der Waals surface area (Å²) >= 11 is 4.24. The van der Waals surface area contributed by atoms with Crippen LogP contribution in [0.3, 0.4) is 0 Å². The van der Waals surface area contributed by atoms with Crippen molar-refractivity contribution in [3.63, 3.8) is 0 Å². The quantitative estimate of drug-likeness (QED) is 0.529.